The van der Waals surface area contributed by atoms with Gasteiger partial charge in [0.25, 0.3) is 0 Å². The normalized spacial score (nSPS) is 20.4. The van der Waals surface area contributed by atoms with Crippen molar-refractivity contribution in [3.63, 3.8) is 0 Å². The molecule has 3 aliphatic rings. The lowest BCUT2D eigenvalue weighted by Gasteiger charge is -2.32. The third-order valence-corrected chi connectivity index (χ3v) is 8.60. The third kappa shape index (κ3) is 5.79. The van der Waals surface area contributed by atoms with E-state index in [1.54, 1.807) is 12.1 Å². The van der Waals surface area contributed by atoms with Gasteiger partial charge in [0, 0.05) is 17.0 Å². The van der Waals surface area contributed by atoms with E-state index in [1.807, 2.05) is 22.0 Å². The van der Waals surface area contributed by atoms with Crippen LogP contribution in [0, 0.1) is 12.8 Å². The van der Waals surface area contributed by atoms with Gasteiger partial charge >= 0.3 is 6.03 Å². The highest BCUT2D eigenvalue weighted by Gasteiger charge is 2.37. The average molecular weight is 515 g/mol. The van der Waals surface area contributed by atoms with E-state index in [2.05, 4.69) is 25.1 Å². The molecule has 6 nitrogen and oxygen atoms in total. The van der Waals surface area contributed by atoms with E-state index in [-0.39, 0.29) is 12.1 Å². The summed E-state index contributed by atoms with van der Waals surface area (Å²) < 4.78 is 0. The molecule has 38 heavy (non-hydrogen) atoms. The zero-order valence-electron chi connectivity index (χ0n) is 22.8. The van der Waals surface area contributed by atoms with Gasteiger partial charge in [-0.3, -0.25) is 9.69 Å². The van der Waals surface area contributed by atoms with E-state index < -0.39 is 5.91 Å². The fraction of sp³-hybridized carbons (Fsp3) is 0.531. The van der Waals surface area contributed by atoms with Crippen molar-refractivity contribution < 1.29 is 9.59 Å². The number of hydrazone groups is 1. The number of rotatable bonds is 4. The summed E-state index contributed by atoms with van der Waals surface area (Å²) in [6, 6.07) is 13.5. The van der Waals surface area contributed by atoms with Crippen LogP contribution in [-0.2, 0) is 0 Å². The maximum Gasteiger partial charge on any atom is 0.349 e. The number of fused-ring (bicyclic) bond motifs is 1. The Morgan fingerprint density at radius 3 is 2.03 bits per heavy atom. The van der Waals surface area contributed by atoms with Gasteiger partial charge in [-0.25, -0.2) is 9.80 Å². The molecule has 5 rings (SSSR count). The van der Waals surface area contributed by atoms with Crippen LogP contribution < -0.4 is 10.6 Å². The topological polar surface area (TPSA) is 79.0 Å². The van der Waals surface area contributed by atoms with Gasteiger partial charge in [-0.05, 0) is 68.5 Å². The number of carbonyl (C=O) groups is 2. The number of hydrogen-bond donors (Lipinski definition) is 1. The molecule has 0 unspecified atom stereocenters. The van der Waals surface area contributed by atoms with Crippen LogP contribution in [0.15, 0.2) is 47.6 Å². The summed E-state index contributed by atoms with van der Waals surface area (Å²) >= 11 is 0. The molecular weight excluding hydrogens is 472 g/mol. The average Bonchev–Trinajstić information content (AvgIpc) is 3.06. The van der Waals surface area contributed by atoms with Crippen LogP contribution in [0.1, 0.15) is 111 Å². The smallest absolute Gasteiger partial charge is 0.349 e. The predicted molar refractivity (Wildman–Crippen MR) is 154 cm³/mol. The summed E-state index contributed by atoms with van der Waals surface area (Å²) in [6.07, 6.45) is 16.5. The van der Waals surface area contributed by atoms with Gasteiger partial charge in [-0.1, -0.05) is 76.3 Å². The molecule has 0 bridgehead atoms. The number of primary amides is 1. The second-order valence-corrected chi connectivity index (χ2v) is 11.4. The van der Waals surface area contributed by atoms with Crippen LogP contribution in [-0.4, -0.2) is 28.7 Å². The molecule has 0 saturated heterocycles. The first kappa shape index (κ1) is 26.5. The van der Waals surface area contributed by atoms with Crippen LogP contribution in [0.4, 0.5) is 16.2 Å². The van der Waals surface area contributed by atoms with Crippen molar-refractivity contribution in [3.8, 4) is 0 Å². The molecule has 2 aromatic rings. The molecule has 2 aliphatic carbocycles. The lowest BCUT2D eigenvalue weighted by molar-refractivity contribution is 0.100. The summed E-state index contributed by atoms with van der Waals surface area (Å²) in [6.45, 7) is 2.07. The van der Waals surface area contributed by atoms with Crippen molar-refractivity contribution in [1.29, 1.82) is 0 Å². The minimum atomic E-state index is -0.471. The van der Waals surface area contributed by atoms with Crippen LogP contribution >= 0.6 is 0 Å². The van der Waals surface area contributed by atoms with Gasteiger partial charge in [-0.15, -0.1) is 0 Å². The highest BCUT2D eigenvalue weighted by Crippen LogP contribution is 2.39. The fourth-order valence-electron chi connectivity index (χ4n) is 6.43. The molecule has 2 fully saturated rings. The number of amides is 3. The summed E-state index contributed by atoms with van der Waals surface area (Å²) in [5.74, 6) is -0.113. The van der Waals surface area contributed by atoms with E-state index in [0.717, 1.165) is 66.7 Å². The molecule has 2 saturated carbocycles. The zero-order valence-corrected chi connectivity index (χ0v) is 22.8. The van der Waals surface area contributed by atoms with Gasteiger partial charge in [0.05, 0.1) is 23.1 Å². The minimum Gasteiger partial charge on any atom is -0.366 e. The maximum atomic E-state index is 14.6. The predicted octanol–water partition coefficient (Wildman–Crippen LogP) is 7.85. The summed E-state index contributed by atoms with van der Waals surface area (Å²) in [7, 11) is 0. The lowest BCUT2D eigenvalue weighted by Crippen LogP contribution is -2.43. The molecule has 0 atom stereocenters. The molecule has 2 aromatic carbocycles. The minimum absolute atomic E-state index is 0.0852. The van der Waals surface area contributed by atoms with Crippen molar-refractivity contribution >= 4 is 29.0 Å². The Kier molecular flexibility index (Phi) is 8.45. The van der Waals surface area contributed by atoms with Gasteiger partial charge < -0.3 is 5.73 Å². The molecule has 3 amide bonds. The highest BCUT2D eigenvalue weighted by molar-refractivity contribution is 6.14. The molecule has 202 valence electrons. The number of hydrogen-bond acceptors (Lipinski definition) is 3. The van der Waals surface area contributed by atoms with Crippen LogP contribution in [0.25, 0.3) is 0 Å². The quantitative estimate of drug-likeness (QED) is 0.451. The SMILES string of the molecule is Cc1ccc2c(c1)N(c1ccc(C(N)=O)cc1)C(=O)N(C1CCCCCCCCC1)N=C2C1CCCCC1. The number of nitrogens with two attached hydrogens (primary N) is 1. The molecule has 0 radical (unpaired) electrons. The Hall–Kier alpha value is -3.15. The van der Waals surface area contributed by atoms with Gasteiger partial charge in [-0.2, -0.15) is 5.10 Å². The van der Waals surface area contributed by atoms with E-state index >= 15 is 0 Å². The number of anilines is 2. The number of carbonyl (C=O) groups excluding carboxylic acids is 2. The van der Waals surface area contributed by atoms with Crippen molar-refractivity contribution in [3.05, 3.63) is 59.2 Å². The maximum absolute atomic E-state index is 14.6. The Morgan fingerprint density at radius 1 is 0.816 bits per heavy atom. The molecule has 0 spiro atoms. The van der Waals surface area contributed by atoms with Crippen LogP contribution in [0.2, 0.25) is 0 Å². The molecular formula is C32H42N4O2. The number of aryl methyl sites for hydroxylation is 1. The molecule has 6 heteroatoms. The monoisotopic (exact) mass is 514 g/mol. The second kappa shape index (κ2) is 12.1. The zero-order chi connectivity index (χ0) is 26.5. The molecule has 2 N–H and O–H groups in total. The third-order valence-electron chi connectivity index (χ3n) is 8.60. The Morgan fingerprint density at radius 2 is 1.39 bits per heavy atom. The van der Waals surface area contributed by atoms with Gasteiger partial charge in [0.15, 0.2) is 0 Å². The molecule has 1 aliphatic heterocycles. The number of nitrogens with zero attached hydrogens (tertiary/aromatic N) is 3. The van der Waals surface area contributed by atoms with Crippen LogP contribution in [0.5, 0.6) is 0 Å². The number of benzene rings is 2. The Bertz CT molecular complexity index is 1160. The molecule has 0 aromatic heterocycles. The summed E-state index contributed by atoms with van der Waals surface area (Å²) in [5, 5.41) is 7.16. The van der Waals surface area contributed by atoms with E-state index in [4.69, 9.17) is 10.8 Å². The first-order valence-electron chi connectivity index (χ1n) is 14.8. The van der Waals surface area contributed by atoms with E-state index in [9.17, 15) is 9.59 Å². The van der Waals surface area contributed by atoms with Crippen molar-refractivity contribution in [2.75, 3.05) is 4.90 Å². The molecule has 1 heterocycles. The summed E-state index contributed by atoms with van der Waals surface area (Å²) in [4.78, 5) is 28.2. The van der Waals surface area contributed by atoms with E-state index in [1.165, 1.54) is 51.4 Å². The largest absolute Gasteiger partial charge is 0.366 e. The first-order chi connectivity index (χ1) is 18.5. The first-order valence-corrected chi connectivity index (χ1v) is 14.8. The van der Waals surface area contributed by atoms with Crippen molar-refractivity contribution in [2.24, 2.45) is 16.8 Å². The Labute approximate surface area is 227 Å². The Balaban J connectivity index is 1.62. The van der Waals surface area contributed by atoms with Crippen molar-refractivity contribution in [2.45, 2.75) is 103 Å². The van der Waals surface area contributed by atoms with E-state index in [0.29, 0.717) is 11.5 Å². The highest BCUT2D eigenvalue weighted by atomic mass is 16.2. The summed E-state index contributed by atoms with van der Waals surface area (Å²) in [5.41, 5.74) is 10.8. The van der Waals surface area contributed by atoms with Gasteiger partial charge in [0.1, 0.15) is 0 Å². The lowest BCUT2D eigenvalue weighted by atomic mass is 9.82. The standard InChI is InChI=1S/C32H42N4O2/c1-23-16-21-28-29(22-23)35(26-19-17-25(18-20-26)31(33)37)32(38)36(34-30(28)24-12-8-7-9-13-24)27-14-10-5-3-2-4-6-11-15-27/h16-22,24,27H,2-15H2,1H3,(H2,33,37). The van der Waals surface area contributed by atoms with Gasteiger partial charge in [0.2, 0.25) is 5.91 Å². The van der Waals surface area contributed by atoms with Crippen LogP contribution in [0.3, 0.4) is 0 Å². The van der Waals surface area contributed by atoms with Crippen molar-refractivity contribution in [1.82, 2.24) is 5.01 Å². The fourth-order valence-corrected chi connectivity index (χ4v) is 6.43. The second-order valence-electron chi connectivity index (χ2n) is 11.4. The number of urea groups is 1.